The van der Waals surface area contributed by atoms with Crippen LogP contribution in [0.3, 0.4) is 0 Å². The summed E-state index contributed by atoms with van der Waals surface area (Å²) in [4.78, 5) is 11.3. The quantitative estimate of drug-likeness (QED) is 0.743. The van der Waals surface area contributed by atoms with Crippen LogP contribution in [0.1, 0.15) is 38.5 Å². The molecule has 2 aliphatic carbocycles. The summed E-state index contributed by atoms with van der Waals surface area (Å²) >= 11 is 0. The van der Waals surface area contributed by atoms with Crippen LogP contribution in [0.2, 0.25) is 0 Å². The van der Waals surface area contributed by atoms with Crippen LogP contribution in [-0.2, 0) is 14.3 Å². The molecule has 1 heterocycles. The summed E-state index contributed by atoms with van der Waals surface area (Å²) in [6.07, 6.45) is 5.59. The van der Waals surface area contributed by atoms with E-state index in [1.165, 1.54) is 0 Å². The number of primary amides is 1. The van der Waals surface area contributed by atoms with Gasteiger partial charge in [-0.3, -0.25) is 4.79 Å². The van der Waals surface area contributed by atoms with Gasteiger partial charge in [0.05, 0.1) is 18.8 Å². The Kier molecular flexibility index (Phi) is 2.65. The van der Waals surface area contributed by atoms with Gasteiger partial charge in [-0.1, -0.05) is 0 Å². The number of ether oxygens (including phenoxy) is 2. The van der Waals surface area contributed by atoms with E-state index in [0.717, 1.165) is 38.5 Å². The maximum Gasteiger partial charge on any atom is 0.237 e. The lowest BCUT2D eigenvalue weighted by Gasteiger charge is -2.36. The molecule has 0 aromatic carbocycles. The standard InChI is InChI=1S/C12H20N2O3/c13-10(15)11(5-6-11)14-9-1-3-12(4-2-9)16-7-8-17-12/h9,14H,1-8H2,(H2,13,15). The van der Waals surface area contributed by atoms with Gasteiger partial charge < -0.3 is 20.5 Å². The SMILES string of the molecule is NC(=O)C1(NC2CCC3(CC2)OCCO3)CC1. The Bertz CT molecular complexity index is 312. The van der Waals surface area contributed by atoms with Crippen LogP contribution in [0.5, 0.6) is 0 Å². The van der Waals surface area contributed by atoms with E-state index < -0.39 is 5.54 Å². The van der Waals surface area contributed by atoms with Crippen molar-refractivity contribution in [3.05, 3.63) is 0 Å². The highest BCUT2D eigenvalue weighted by atomic mass is 16.7. The van der Waals surface area contributed by atoms with Crippen LogP contribution in [0.25, 0.3) is 0 Å². The van der Waals surface area contributed by atoms with Gasteiger partial charge in [-0.05, 0) is 25.7 Å². The fourth-order valence-electron chi connectivity index (χ4n) is 2.97. The summed E-state index contributed by atoms with van der Waals surface area (Å²) in [6.45, 7) is 1.42. The molecule has 5 nitrogen and oxygen atoms in total. The minimum Gasteiger partial charge on any atom is -0.368 e. The van der Waals surface area contributed by atoms with E-state index in [1.807, 2.05) is 0 Å². The van der Waals surface area contributed by atoms with Crippen LogP contribution >= 0.6 is 0 Å². The molecule has 2 saturated carbocycles. The minimum atomic E-state index is -0.396. The summed E-state index contributed by atoms with van der Waals surface area (Å²) in [7, 11) is 0. The van der Waals surface area contributed by atoms with Crippen molar-refractivity contribution < 1.29 is 14.3 Å². The van der Waals surface area contributed by atoms with Crippen molar-refractivity contribution in [1.82, 2.24) is 5.32 Å². The topological polar surface area (TPSA) is 73.6 Å². The molecule has 5 heteroatoms. The number of carbonyl (C=O) groups excluding carboxylic acids is 1. The molecule has 3 fully saturated rings. The molecule has 3 rings (SSSR count). The molecular weight excluding hydrogens is 220 g/mol. The smallest absolute Gasteiger partial charge is 0.237 e. The molecule has 0 bridgehead atoms. The first kappa shape index (κ1) is 11.4. The second-order valence-corrected chi connectivity index (χ2v) is 5.47. The third-order valence-corrected chi connectivity index (χ3v) is 4.26. The Labute approximate surface area is 101 Å². The van der Waals surface area contributed by atoms with Crippen molar-refractivity contribution in [2.45, 2.75) is 55.9 Å². The van der Waals surface area contributed by atoms with Crippen molar-refractivity contribution in [1.29, 1.82) is 0 Å². The van der Waals surface area contributed by atoms with Gasteiger partial charge in [0.2, 0.25) is 5.91 Å². The number of amides is 1. The number of hydrogen-bond donors (Lipinski definition) is 2. The zero-order valence-electron chi connectivity index (χ0n) is 10.0. The van der Waals surface area contributed by atoms with Crippen molar-refractivity contribution in [2.24, 2.45) is 5.73 Å². The zero-order valence-corrected chi connectivity index (χ0v) is 10.0. The number of carbonyl (C=O) groups is 1. The number of rotatable bonds is 3. The number of hydrogen-bond acceptors (Lipinski definition) is 4. The highest BCUT2D eigenvalue weighted by molar-refractivity contribution is 5.87. The van der Waals surface area contributed by atoms with Gasteiger partial charge in [-0.15, -0.1) is 0 Å². The van der Waals surface area contributed by atoms with E-state index in [4.69, 9.17) is 15.2 Å². The highest BCUT2D eigenvalue weighted by Crippen LogP contribution is 2.40. The van der Waals surface area contributed by atoms with Crippen molar-refractivity contribution in [3.63, 3.8) is 0 Å². The van der Waals surface area contributed by atoms with Crippen molar-refractivity contribution in [2.75, 3.05) is 13.2 Å². The Morgan fingerprint density at radius 3 is 2.18 bits per heavy atom. The molecule has 3 aliphatic rings. The Balaban J connectivity index is 1.53. The minimum absolute atomic E-state index is 0.203. The molecule has 17 heavy (non-hydrogen) atoms. The van der Waals surface area contributed by atoms with E-state index >= 15 is 0 Å². The summed E-state index contributed by atoms with van der Waals surface area (Å²) in [5.41, 5.74) is 5.02. The molecule has 1 spiro atoms. The van der Waals surface area contributed by atoms with Gasteiger partial charge >= 0.3 is 0 Å². The lowest BCUT2D eigenvalue weighted by Crippen LogP contribution is -2.51. The van der Waals surface area contributed by atoms with Crippen LogP contribution in [-0.4, -0.2) is 36.5 Å². The Morgan fingerprint density at radius 2 is 1.71 bits per heavy atom. The second kappa shape index (κ2) is 3.93. The lowest BCUT2D eigenvalue weighted by atomic mass is 9.89. The van der Waals surface area contributed by atoms with Crippen LogP contribution in [0.15, 0.2) is 0 Å². The molecule has 0 aromatic rings. The molecule has 1 amide bonds. The van der Waals surface area contributed by atoms with E-state index in [0.29, 0.717) is 19.3 Å². The Hall–Kier alpha value is -0.650. The van der Waals surface area contributed by atoms with E-state index in [1.54, 1.807) is 0 Å². The third-order valence-electron chi connectivity index (χ3n) is 4.26. The maximum atomic E-state index is 11.3. The van der Waals surface area contributed by atoms with Crippen molar-refractivity contribution in [3.8, 4) is 0 Å². The Morgan fingerprint density at radius 1 is 1.12 bits per heavy atom. The lowest BCUT2D eigenvalue weighted by molar-refractivity contribution is -0.179. The molecule has 3 N–H and O–H groups in total. The molecule has 0 radical (unpaired) electrons. The summed E-state index contributed by atoms with van der Waals surface area (Å²) in [6, 6.07) is 0.378. The average molecular weight is 240 g/mol. The summed E-state index contributed by atoms with van der Waals surface area (Å²) < 4.78 is 11.4. The van der Waals surface area contributed by atoms with Gasteiger partial charge in [0.15, 0.2) is 5.79 Å². The molecule has 96 valence electrons. The van der Waals surface area contributed by atoms with E-state index in [2.05, 4.69) is 5.32 Å². The first-order valence-electron chi connectivity index (χ1n) is 6.50. The number of nitrogens with one attached hydrogen (secondary N) is 1. The summed E-state index contributed by atoms with van der Waals surface area (Å²) in [5.74, 6) is -0.520. The zero-order chi connectivity index (χ0) is 11.9. The molecule has 1 saturated heterocycles. The van der Waals surface area contributed by atoms with Gasteiger partial charge in [0.25, 0.3) is 0 Å². The van der Waals surface area contributed by atoms with Crippen molar-refractivity contribution >= 4 is 5.91 Å². The largest absolute Gasteiger partial charge is 0.368 e. The third kappa shape index (κ3) is 2.07. The normalized spacial score (nSPS) is 30.6. The molecule has 0 unspecified atom stereocenters. The fourth-order valence-corrected chi connectivity index (χ4v) is 2.97. The van der Waals surface area contributed by atoms with Gasteiger partial charge in [-0.25, -0.2) is 0 Å². The van der Waals surface area contributed by atoms with Crippen LogP contribution < -0.4 is 11.1 Å². The maximum absolute atomic E-state index is 11.3. The predicted molar refractivity (Wildman–Crippen MR) is 61.2 cm³/mol. The average Bonchev–Trinajstić information content (AvgIpc) is 2.97. The van der Waals surface area contributed by atoms with Gasteiger partial charge in [-0.2, -0.15) is 0 Å². The highest BCUT2D eigenvalue weighted by Gasteiger charge is 2.51. The monoisotopic (exact) mass is 240 g/mol. The van der Waals surface area contributed by atoms with Gasteiger partial charge in [0, 0.05) is 18.9 Å². The van der Waals surface area contributed by atoms with E-state index in [-0.39, 0.29) is 11.7 Å². The number of nitrogens with two attached hydrogens (primary N) is 1. The van der Waals surface area contributed by atoms with Crippen LogP contribution in [0.4, 0.5) is 0 Å². The molecule has 0 aromatic heterocycles. The molecule has 1 aliphatic heterocycles. The first-order valence-corrected chi connectivity index (χ1v) is 6.50. The predicted octanol–water partition coefficient (Wildman–Crippen LogP) is 0.280. The van der Waals surface area contributed by atoms with Gasteiger partial charge in [0.1, 0.15) is 0 Å². The first-order chi connectivity index (χ1) is 8.14. The fraction of sp³-hybridized carbons (Fsp3) is 0.917. The van der Waals surface area contributed by atoms with Crippen LogP contribution in [0, 0.1) is 0 Å². The second-order valence-electron chi connectivity index (χ2n) is 5.47. The molecule has 0 atom stereocenters. The molecular formula is C12H20N2O3. The summed E-state index contributed by atoms with van der Waals surface area (Å²) in [5, 5.41) is 3.43. The van der Waals surface area contributed by atoms with E-state index in [9.17, 15) is 4.79 Å².